The van der Waals surface area contributed by atoms with E-state index in [-0.39, 0.29) is 5.91 Å². The molecule has 35 heavy (non-hydrogen) atoms. The van der Waals surface area contributed by atoms with Gasteiger partial charge in [0, 0.05) is 27.2 Å². The number of amides is 1. The van der Waals surface area contributed by atoms with Gasteiger partial charge in [0.05, 0.1) is 15.1 Å². The van der Waals surface area contributed by atoms with E-state index in [2.05, 4.69) is 20.9 Å². The smallest absolute Gasteiger partial charge is 0.266 e. The van der Waals surface area contributed by atoms with Crippen LogP contribution >= 0.6 is 62.5 Å². The number of hydrogen-bond acceptors (Lipinski definition) is 4. The van der Waals surface area contributed by atoms with Crippen LogP contribution in [-0.2, 0) is 11.4 Å². The molecule has 1 aliphatic rings. The Morgan fingerprint density at radius 1 is 1.03 bits per heavy atom. The van der Waals surface area contributed by atoms with Crippen LogP contribution < -0.4 is 4.74 Å². The lowest BCUT2D eigenvalue weighted by atomic mass is 10.2. The van der Waals surface area contributed by atoms with E-state index in [0.717, 1.165) is 27.7 Å². The number of thioether (sulfide) groups is 1. The van der Waals surface area contributed by atoms with Gasteiger partial charge in [-0.05, 0) is 94.3 Å². The number of nitrogens with zero attached hydrogens (tertiary/aromatic N) is 2. The molecule has 0 unspecified atom stereocenters. The standard InChI is InChI=1S/C26H20BrCl3N2O2S/c1-2-11-32-25(33)24(35-26(32)31-20-8-6-18(28)7-9-20)13-16-3-10-23(21(27)12-16)34-15-17-4-5-19(29)14-22(17)30/h3-10,12-14H,2,11,15H2,1H3/b24-13-,31-26?. The molecular weight excluding hydrogens is 591 g/mol. The summed E-state index contributed by atoms with van der Waals surface area (Å²) < 4.78 is 6.70. The van der Waals surface area contributed by atoms with E-state index >= 15 is 0 Å². The first kappa shape index (κ1) is 26.1. The normalized spacial score (nSPS) is 15.9. The first-order chi connectivity index (χ1) is 16.8. The van der Waals surface area contributed by atoms with Crippen LogP contribution in [0, 0.1) is 0 Å². The summed E-state index contributed by atoms with van der Waals surface area (Å²) in [6.07, 6.45) is 2.69. The molecule has 1 amide bonds. The van der Waals surface area contributed by atoms with Gasteiger partial charge in [-0.25, -0.2) is 4.99 Å². The first-order valence-electron chi connectivity index (χ1n) is 10.8. The largest absolute Gasteiger partial charge is 0.488 e. The minimum Gasteiger partial charge on any atom is -0.488 e. The summed E-state index contributed by atoms with van der Waals surface area (Å²) >= 11 is 23.1. The number of carbonyl (C=O) groups excluding carboxylic acids is 1. The third kappa shape index (κ3) is 6.63. The van der Waals surface area contributed by atoms with Gasteiger partial charge < -0.3 is 4.74 Å². The average molecular weight is 611 g/mol. The van der Waals surface area contributed by atoms with Crippen molar-refractivity contribution in [1.82, 2.24) is 4.90 Å². The molecule has 3 aromatic carbocycles. The van der Waals surface area contributed by atoms with Gasteiger partial charge in [-0.2, -0.15) is 0 Å². The summed E-state index contributed by atoms with van der Waals surface area (Å²) in [6, 6.07) is 18.2. The van der Waals surface area contributed by atoms with Crippen LogP contribution in [-0.4, -0.2) is 22.5 Å². The quantitative estimate of drug-likeness (QED) is 0.251. The van der Waals surface area contributed by atoms with Gasteiger partial charge in [-0.3, -0.25) is 9.69 Å². The zero-order valence-electron chi connectivity index (χ0n) is 18.6. The Hall–Kier alpha value is -1.96. The second-order valence-electron chi connectivity index (χ2n) is 7.65. The molecule has 4 rings (SSSR count). The van der Waals surface area contributed by atoms with Gasteiger partial charge in [0.15, 0.2) is 5.17 Å². The summed E-state index contributed by atoms with van der Waals surface area (Å²) in [7, 11) is 0. The van der Waals surface area contributed by atoms with Crippen LogP contribution in [0.3, 0.4) is 0 Å². The molecule has 9 heteroatoms. The number of ether oxygens (including phenoxy) is 1. The van der Waals surface area contributed by atoms with E-state index in [1.807, 2.05) is 49.4 Å². The van der Waals surface area contributed by atoms with E-state index in [1.54, 1.807) is 29.2 Å². The zero-order valence-corrected chi connectivity index (χ0v) is 23.3. The summed E-state index contributed by atoms with van der Waals surface area (Å²) in [5.41, 5.74) is 2.46. The Labute approximate surface area is 232 Å². The van der Waals surface area contributed by atoms with Gasteiger partial charge in [0.25, 0.3) is 5.91 Å². The molecule has 1 heterocycles. The maximum absolute atomic E-state index is 13.1. The first-order valence-corrected chi connectivity index (χ1v) is 13.5. The van der Waals surface area contributed by atoms with Crippen molar-refractivity contribution in [3.63, 3.8) is 0 Å². The Morgan fingerprint density at radius 3 is 2.46 bits per heavy atom. The number of hydrogen-bond donors (Lipinski definition) is 0. The predicted octanol–water partition coefficient (Wildman–Crippen LogP) is 9.00. The third-order valence-corrected chi connectivity index (χ3v) is 7.50. The van der Waals surface area contributed by atoms with Crippen molar-refractivity contribution < 1.29 is 9.53 Å². The molecule has 0 saturated carbocycles. The number of benzene rings is 3. The molecule has 1 fully saturated rings. The van der Waals surface area contributed by atoms with Crippen molar-refractivity contribution in [3.05, 3.63) is 96.2 Å². The van der Waals surface area contributed by atoms with Gasteiger partial charge in [0.1, 0.15) is 12.4 Å². The number of rotatable bonds is 7. The van der Waals surface area contributed by atoms with Gasteiger partial charge in [-0.15, -0.1) is 0 Å². The maximum atomic E-state index is 13.1. The van der Waals surface area contributed by atoms with E-state index in [9.17, 15) is 4.79 Å². The third-order valence-electron chi connectivity index (χ3n) is 5.04. The van der Waals surface area contributed by atoms with Crippen molar-refractivity contribution in [1.29, 1.82) is 0 Å². The summed E-state index contributed by atoms with van der Waals surface area (Å²) in [6.45, 7) is 2.94. The van der Waals surface area contributed by atoms with Crippen molar-refractivity contribution in [2.24, 2.45) is 4.99 Å². The van der Waals surface area contributed by atoms with E-state index in [0.29, 0.717) is 44.0 Å². The monoisotopic (exact) mass is 608 g/mol. The second kappa shape index (κ2) is 11.8. The van der Waals surface area contributed by atoms with Gasteiger partial charge in [0.2, 0.25) is 0 Å². The number of amidine groups is 1. The Bertz CT molecular complexity index is 1310. The number of aliphatic imine (C=N–C) groups is 1. The molecule has 0 N–H and O–H groups in total. The van der Waals surface area contributed by atoms with Crippen LogP contribution in [0.4, 0.5) is 5.69 Å². The average Bonchev–Trinajstić information content (AvgIpc) is 3.10. The highest BCUT2D eigenvalue weighted by Crippen LogP contribution is 2.36. The van der Waals surface area contributed by atoms with Gasteiger partial charge in [-0.1, -0.05) is 53.9 Å². The van der Waals surface area contributed by atoms with Crippen LogP contribution in [0.5, 0.6) is 5.75 Å². The minimum atomic E-state index is -0.0570. The molecule has 0 radical (unpaired) electrons. The fourth-order valence-corrected chi connectivity index (χ4v) is 5.43. The van der Waals surface area contributed by atoms with Crippen LogP contribution in [0.25, 0.3) is 6.08 Å². The zero-order chi connectivity index (χ0) is 24.9. The molecule has 0 aliphatic carbocycles. The lowest BCUT2D eigenvalue weighted by Crippen LogP contribution is -2.29. The molecule has 0 spiro atoms. The fraction of sp³-hybridized carbons (Fsp3) is 0.154. The van der Waals surface area contributed by atoms with Crippen molar-refractivity contribution in [2.45, 2.75) is 20.0 Å². The molecule has 0 aromatic heterocycles. The highest BCUT2D eigenvalue weighted by molar-refractivity contribution is 9.10. The van der Waals surface area contributed by atoms with Crippen molar-refractivity contribution in [3.8, 4) is 5.75 Å². The molecule has 1 saturated heterocycles. The fourth-order valence-electron chi connectivity index (χ4n) is 3.31. The van der Waals surface area contributed by atoms with Crippen LogP contribution in [0.15, 0.2) is 75.0 Å². The van der Waals surface area contributed by atoms with Crippen LogP contribution in [0.2, 0.25) is 15.1 Å². The second-order valence-corrected chi connectivity index (χ2v) is 10.8. The van der Waals surface area contributed by atoms with E-state index in [4.69, 9.17) is 39.5 Å². The SMILES string of the molecule is CCCN1C(=O)/C(=C/c2ccc(OCc3ccc(Cl)cc3Cl)c(Br)c2)SC1=Nc1ccc(Cl)cc1. The van der Waals surface area contributed by atoms with Gasteiger partial charge >= 0.3 is 0 Å². The molecule has 3 aromatic rings. The molecule has 4 nitrogen and oxygen atoms in total. The van der Waals surface area contributed by atoms with E-state index < -0.39 is 0 Å². The Kier molecular flexibility index (Phi) is 8.84. The molecule has 0 atom stereocenters. The Morgan fingerprint density at radius 2 is 1.77 bits per heavy atom. The van der Waals surface area contributed by atoms with Crippen LogP contribution in [0.1, 0.15) is 24.5 Å². The summed E-state index contributed by atoms with van der Waals surface area (Å²) in [5.74, 6) is 0.611. The lowest BCUT2D eigenvalue weighted by molar-refractivity contribution is -0.122. The topological polar surface area (TPSA) is 41.9 Å². The lowest BCUT2D eigenvalue weighted by Gasteiger charge is -2.14. The Balaban J connectivity index is 1.52. The van der Waals surface area contributed by atoms with Crippen molar-refractivity contribution in [2.75, 3.05) is 6.54 Å². The molecular formula is C26H20BrCl3N2O2S. The molecule has 1 aliphatic heterocycles. The van der Waals surface area contributed by atoms with E-state index in [1.165, 1.54) is 11.8 Å². The predicted molar refractivity (Wildman–Crippen MR) is 151 cm³/mol. The number of carbonyl (C=O) groups is 1. The van der Waals surface area contributed by atoms with Crippen molar-refractivity contribution >= 4 is 85.3 Å². The highest BCUT2D eigenvalue weighted by Gasteiger charge is 2.32. The summed E-state index contributed by atoms with van der Waals surface area (Å²) in [5, 5.41) is 2.43. The number of halogens is 4. The summed E-state index contributed by atoms with van der Waals surface area (Å²) in [4.78, 5) is 20.1. The highest BCUT2D eigenvalue weighted by atomic mass is 79.9. The molecule has 180 valence electrons. The molecule has 0 bridgehead atoms. The minimum absolute atomic E-state index is 0.0570. The maximum Gasteiger partial charge on any atom is 0.266 e.